The summed E-state index contributed by atoms with van der Waals surface area (Å²) in [5.74, 6) is -0.104. The van der Waals surface area contributed by atoms with Crippen LogP contribution in [-0.4, -0.2) is 35.1 Å². The summed E-state index contributed by atoms with van der Waals surface area (Å²) in [5, 5.41) is 9.17. The minimum atomic E-state index is -0.619. The van der Waals surface area contributed by atoms with Crippen LogP contribution in [0.2, 0.25) is 0 Å². The Hall–Kier alpha value is -0.570. The summed E-state index contributed by atoms with van der Waals surface area (Å²) in [6.07, 6.45) is 4.08. The zero-order chi connectivity index (χ0) is 12.3. The Labute approximate surface area is 98.8 Å². The van der Waals surface area contributed by atoms with Crippen LogP contribution in [0.5, 0.6) is 0 Å². The number of carboxylic acid groups (broad SMARTS) is 1. The highest BCUT2D eigenvalue weighted by molar-refractivity contribution is 5.71. The maximum Gasteiger partial charge on any atom is 0.308 e. The lowest BCUT2D eigenvalue weighted by Gasteiger charge is -2.33. The largest absolute Gasteiger partial charge is 0.481 e. The first-order chi connectivity index (χ1) is 7.43. The van der Waals surface area contributed by atoms with Crippen molar-refractivity contribution in [1.82, 2.24) is 4.90 Å². The SMILES string of the molecule is CC(C)CC(C)N(C)C1CCCC1C(=O)O. The normalized spacial score (nSPS) is 27.6. The van der Waals surface area contributed by atoms with Gasteiger partial charge in [0.15, 0.2) is 0 Å². The lowest BCUT2D eigenvalue weighted by Crippen LogP contribution is -2.43. The molecule has 1 N–H and O–H groups in total. The molecule has 1 aliphatic carbocycles. The average Bonchev–Trinajstić information content (AvgIpc) is 2.63. The minimum Gasteiger partial charge on any atom is -0.481 e. The van der Waals surface area contributed by atoms with Gasteiger partial charge in [0.25, 0.3) is 0 Å². The molecule has 94 valence electrons. The third-order valence-corrected chi connectivity index (χ3v) is 3.83. The number of rotatable bonds is 5. The van der Waals surface area contributed by atoms with E-state index in [2.05, 4.69) is 32.7 Å². The number of carboxylic acids is 1. The highest BCUT2D eigenvalue weighted by Crippen LogP contribution is 2.31. The Kier molecular flexibility index (Phi) is 4.78. The van der Waals surface area contributed by atoms with Crippen molar-refractivity contribution < 1.29 is 9.90 Å². The summed E-state index contributed by atoms with van der Waals surface area (Å²) < 4.78 is 0. The molecule has 1 saturated carbocycles. The van der Waals surface area contributed by atoms with Crippen LogP contribution in [0.3, 0.4) is 0 Å². The van der Waals surface area contributed by atoms with E-state index >= 15 is 0 Å². The molecule has 0 spiro atoms. The van der Waals surface area contributed by atoms with Gasteiger partial charge in [0.05, 0.1) is 5.92 Å². The molecular formula is C13H25NO2. The molecule has 16 heavy (non-hydrogen) atoms. The van der Waals surface area contributed by atoms with E-state index in [1.165, 1.54) is 0 Å². The van der Waals surface area contributed by atoms with Gasteiger partial charge in [-0.3, -0.25) is 9.69 Å². The highest BCUT2D eigenvalue weighted by Gasteiger charge is 2.36. The predicted molar refractivity (Wildman–Crippen MR) is 65.4 cm³/mol. The van der Waals surface area contributed by atoms with Crippen molar-refractivity contribution in [3.05, 3.63) is 0 Å². The first-order valence-electron chi connectivity index (χ1n) is 6.38. The summed E-state index contributed by atoms with van der Waals surface area (Å²) in [6.45, 7) is 6.64. The van der Waals surface area contributed by atoms with E-state index < -0.39 is 5.97 Å². The van der Waals surface area contributed by atoms with Gasteiger partial charge in [-0.05, 0) is 39.2 Å². The lowest BCUT2D eigenvalue weighted by atomic mass is 9.98. The molecule has 3 atom stereocenters. The van der Waals surface area contributed by atoms with Gasteiger partial charge in [0.1, 0.15) is 0 Å². The molecule has 0 bridgehead atoms. The zero-order valence-electron chi connectivity index (χ0n) is 10.9. The van der Waals surface area contributed by atoms with E-state index in [0.29, 0.717) is 12.0 Å². The topological polar surface area (TPSA) is 40.5 Å². The monoisotopic (exact) mass is 227 g/mol. The highest BCUT2D eigenvalue weighted by atomic mass is 16.4. The van der Waals surface area contributed by atoms with Crippen LogP contribution in [-0.2, 0) is 4.79 Å². The Morgan fingerprint density at radius 2 is 2.00 bits per heavy atom. The van der Waals surface area contributed by atoms with Crippen molar-refractivity contribution in [1.29, 1.82) is 0 Å². The summed E-state index contributed by atoms with van der Waals surface area (Å²) >= 11 is 0. The second-order valence-corrected chi connectivity index (χ2v) is 5.59. The van der Waals surface area contributed by atoms with Crippen LogP contribution in [0.15, 0.2) is 0 Å². The minimum absolute atomic E-state index is 0.153. The van der Waals surface area contributed by atoms with E-state index in [4.69, 9.17) is 5.11 Å². The van der Waals surface area contributed by atoms with Gasteiger partial charge in [0, 0.05) is 12.1 Å². The van der Waals surface area contributed by atoms with E-state index in [1.807, 2.05) is 0 Å². The second kappa shape index (κ2) is 5.67. The molecule has 1 rings (SSSR count). The molecule has 0 saturated heterocycles. The summed E-state index contributed by atoms with van der Waals surface area (Å²) in [4.78, 5) is 13.4. The maximum absolute atomic E-state index is 11.1. The number of hydrogen-bond donors (Lipinski definition) is 1. The summed E-state index contributed by atoms with van der Waals surface area (Å²) in [5.41, 5.74) is 0. The van der Waals surface area contributed by atoms with E-state index in [0.717, 1.165) is 25.7 Å². The maximum atomic E-state index is 11.1. The van der Waals surface area contributed by atoms with Crippen LogP contribution in [0.4, 0.5) is 0 Å². The van der Waals surface area contributed by atoms with Crippen LogP contribution in [0.25, 0.3) is 0 Å². The van der Waals surface area contributed by atoms with Crippen LogP contribution in [0.1, 0.15) is 46.5 Å². The summed E-state index contributed by atoms with van der Waals surface area (Å²) in [6, 6.07) is 0.719. The van der Waals surface area contributed by atoms with E-state index in [9.17, 15) is 4.79 Å². The van der Waals surface area contributed by atoms with Crippen LogP contribution < -0.4 is 0 Å². The Morgan fingerprint density at radius 3 is 2.50 bits per heavy atom. The van der Waals surface area contributed by atoms with Gasteiger partial charge in [-0.1, -0.05) is 20.3 Å². The predicted octanol–water partition coefficient (Wildman–Crippen LogP) is 2.61. The standard InChI is InChI=1S/C13H25NO2/c1-9(2)8-10(3)14(4)12-7-5-6-11(12)13(15)16/h9-12H,5-8H2,1-4H3,(H,15,16). The number of aliphatic carboxylic acids is 1. The number of nitrogens with zero attached hydrogens (tertiary/aromatic N) is 1. The molecule has 1 aliphatic rings. The van der Waals surface area contributed by atoms with Crippen molar-refractivity contribution in [2.24, 2.45) is 11.8 Å². The Bertz CT molecular complexity index is 240. The molecule has 0 aromatic carbocycles. The number of carbonyl (C=O) groups is 1. The molecule has 0 heterocycles. The van der Waals surface area contributed by atoms with Crippen LogP contribution >= 0.6 is 0 Å². The molecule has 0 amide bonds. The average molecular weight is 227 g/mol. The van der Waals surface area contributed by atoms with Gasteiger partial charge >= 0.3 is 5.97 Å². The van der Waals surface area contributed by atoms with Crippen molar-refractivity contribution in [3.8, 4) is 0 Å². The molecule has 0 aromatic heterocycles. The third-order valence-electron chi connectivity index (χ3n) is 3.83. The molecule has 3 heteroatoms. The second-order valence-electron chi connectivity index (χ2n) is 5.59. The fourth-order valence-electron chi connectivity index (χ4n) is 2.89. The fraction of sp³-hybridized carbons (Fsp3) is 0.923. The third kappa shape index (κ3) is 3.21. The smallest absolute Gasteiger partial charge is 0.308 e. The van der Waals surface area contributed by atoms with Gasteiger partial charge < -0.3 is 5.11 Å². The molecular weight excluding hydrogens is 202 g/mol. The quantitative estimate of drug-likeness (QED) is 0.785. The van der Waals surface area contributed by atoms with Crippen molar-refractivity contribution in [2.45, 2.75) is 58.5 Å². The Morgan fingerprint density at radius 1 is 1.38 bits per heavy atom. The van der Waals surface area contributed by atoms with Gasteiger partial charge in [-0.25, -0.2) is 0 Å². The molecule has 3 nitrogen and oxygen atoms in total. The van der Waals surface area contributed by atoms with E-state index in [1.54, 1.807) is 0 Å². The zero-order valence-corrected chi connectivity index (χ0v) is 10.9. The van der Waals surface area contributed by atoms with Crippen molar-refractivity contribution in [2.75, 3.05) is 7.05 Å². The van der Waals surface area contributed by atoms with Gasteiger partial charge in [-0.15, -0.1) is 0 Å². The molecule has 0 aliphatic heterocycles. The first-order valence-corrected chi connectivity index (χ1v) is 6.38. The molecule has 0 aromatic rings. The van der Waals surface area contributed by atoms with Crippen molar-refractivity contribution >= 4 is 5.97 Å². The van der Waals surface area contributed by atoms with Crippen LogP contribution in [0, 0.1) is 11.8 Å². The molecule has 1 fully saturated rings. The van der Waals surface area contributed by atoms with E-state index in [-0.39, 0.29) is 12.0 Å². The summed E-state index contributed by atoms with van der Waals surface area (Å²) in [7, 11) is 2.08. The number of hydrogen-bond acceptors (Lipinski definition) is 2. The van der Waals surface area contributed by atoms with Crippen molar-refractivity contribution in [3.63, 3.8) is 0 Å². The fourth-order valence-corrected chi connectivity index (χ4v) is 2.89. The first kappa shape index (κ1) is 13.5. The molecule has 3 unspecified atom stereocenters. The van der Waals surface area contributed by atoms with Gasteiger partial charge in [0.2, 0.25) is 0 Å². The van der Waals surface area contributed by atoms with Gasteiger partial charge in [-0.2, -0.15) is 0 Å². The Balaban J connectivity index is 2.58. The lowest BCUT2D eigenvalue weighted by molar-refractivity contribution is -0.143. The molecule has 0 radical (unpaired) electrons.